The number of hydrogen-bond acceptors (Lipinski definition) is 2. The van der Waals surface area contributed by atoms with Crippen LogP contribution in [0.15, 0.2) is 24.5 Å². The summed E-state index contributed by atoms with van der Waals surface area (Å²) < 4.78 is 0. The molecule has 1 aliphatic rings. The van der Waals surface area contributed by atoms with Crippen LogP contribution in [0.2, 0.25) is 0 Å². The third-order valence-corrected chi connectivity index (χ3v) is 3.72. The first-order chi connectivity index (χ1) is 8.25. The molecule has 1 N–H and O–H groups in total. The molecular weight excluding hydrogens is 214 g/mol. The summed E-state index contributed by atoms with van der Waals surface area (Å²) in [6.45, 7) is 0. The molecule has 1 fully saturated rings. The third-order valence-electron chi connectivity index (χ3n) is 3.72. The maximum absolute atomic E-state index is 10.9. The van der Waals surface area contributed by atoms with Crippen molar-refractivity contribution in [3.8, 4) is 0 Å². The quantitative estimate of drug-likeness (QED) is 0.870. The van der Waals surface area contributed by atoms with Gasteiger partial charge in [-0.2, -0.15) is 0 Å². The number of nitrogens with zero attached hydrogens (tertiary/aromatic N) is 1. The van der Waals surface area contributed by atoms with Crippen molar-refractivity contribution in [2.75, 3.05) is 0 Å². The highest BCUT2D eigenvalue weighted by Gasteiger charge is 2.27. The van der Waals surface area contributed by atoms with Crippen molar-refractivity contribution in [1.29, 1.82) is 0 Å². The SMILES string of the molecule is O=C(O)CC1CCCCC1Cc1cccnc1. The highest BCUT2D eigenvalue weighted by atomic mass is 16.4. The zero-order valence-electron chi connectivity index (χ0n) is 10.0. The lowest BCUT2D eigenvalue weighted by Crippen LogP contribution is -2.24. The van der Waals surface area contributed by atoms with Gasteiger partial charge in [-0.15, -0.1) is 0 Å². The molecule has 0 spiro atoms. The predicted molar refractivity (Wildman–Crippen MR) is 65.6 cm³/mol. The normalized spacial score (nSPS) is 24.5. The van der Waals surface area contributed by atoms with Crippen LogP contribution < -0.4 is 0 Å². The van der Waals surface area contributed by atoms with Crippen molar-refractivity contribution in [3.05, 3.63) is 30.1 Å². The zero-order chi connectivity index (χ0) is 12.1. The number of aliphatic carboxylic acids is 1. The number of carboxylic acid groups (broad SMARTS) is 1. The van der Waals surface area contributed by atoms with Gasteiger partial charge in [0, 0.05) is 18.8 Å². The summed E-state index contributed by atoms with van der Waals surface area (Å²) in [6, 6.07) is 4.03. The van der Waals surface area contributed by atoms with Gasteiger partial charge in [0.15, 0.2) is 0 Å². The van der Waals surface area contributed by atoms with Gasteiger partial charge in [0.1, 0.15) is 0 Å². The van der Waals surface area contributed by atoms with E-state index in [1.165, 1.54) is 18.4 Å². The van der Waals surface area contributed by atoms with Crippen molar-refractivity contribution >= 4 is 5.97 Å². The molecule has 1 aromatic rings. The largest absolute Gasteiger partial charge is 0.481 e. The maximum atomic E-state index is 10.9. The van der Waals surface area contributed by atoms with Gasteiger partial charge in [-0.25, -0.2) is 0 Å². The highest BCUT2D eigenvalue weighted by molar-refractivity contribution is 5.67. The lowest BCUT2D eigenvalue weighted by molar-refractivity contribution is -0.138. The fourth-order valence-corrected chi connectivity index (χ4v) is 2.87. The van der Waals surface area contributed by atoms with E-state index < -0.39 is 5.97 Å². The Kier molecular flexibility index (Phi) is 4.13. The van der Waals surface area contributed by atoms with Crippen LogP contribution in [-0.4, -0.2) is 16.1 Å². The van der Waals surface area contributed by atoms with E-state index in [0.29, 0.717) is 18.3 Å². The molecule has 0 aromatic carbocycles. The van der Waals surface area contributed by atoms with Crippen LogP contribution in [0.3, 0.4) is 0 Å². The van der Waals surface area contributed by atoms with Crippen LogP contribution in [0.1, 0.15) is 37.7 Å². The van der Waals surface area contributed by atoms with E-state index in [1.807, 2.05) is 12.3 Å². The molecule has 1 aliphatic carbocycles. The van der Waals surface area contributed by atoms with E-state index in [-0.39, 0.29) is 0 Å². The Morgan fingerprint density at radius 2 is 2.12 bits per heavy atom. The highest BCUT2D eigenvalue weighted by Crippen LogP contribution is 2.34. The third kappa shape index (κ3) is 3.55. The molecule has 2 atom stereocenters. The fraction of sp³-hybridized carbons (Fsp3) is 0.571. The van der Waals surface area contributed by atoms with Crippen LogP contribution >= 0.6 is 0 Å². The van der Waals surface area contributed by atoms with Gasteiger partial charge in [-0.05, 0) is 42.7 Å². The van der Waals surface area contributed by atoms with Crippen LogP contribution in [0.25, 0.3) is 0 Å². The van der Waals surface area contributed by atoms with E-state index in [2.05, 4.69) is 11.1 Å². The Bertz CT molecular complexity index is 364. The van der Waals surface area contributed by atoms with Gasteiger partial charge in [0.05, 0.1) is 0 Å². The average Bonchev–Trinajstić information content (AvgIpc) is 2.32. The standard InChI is InChI=1S/C14H19NO2/c16-14(17)9-13-6-2-1-5-12(13)8-11-4-3-7-15-10-11/h3-4,7,10,12-13H,1-2,5-6,8-9H2,(H,16,17). The minimum absolute atomic E-state index is 0.324. The first-order valence-electron chi connectivity index (χ1n) is 6.36. The smallest absolute Gasteiger partial charge is 0.303 e. The Labute approximate surface area is 102 Å². The second-order valence-corrected chi connectivity index (χ2v) is 4.97. The molecular formula is C14H19NO2. The molecule has 2 rings (SSSR count). The molecule has 3 heteroatoms. The van der Waals surface area contributed by atoms with Crippen LogP contribution in [0.5, 0.6) is 0 Å². The van der Waals surface area contributed by atoms with Crippen LogP contribution in [0, 0.1) is 11.8 Å². The lowest BCUT2D eigenvalue weighted by atomic mass is 9.75. The average molecular weight is 233 g/mol. The van der Waals surface area contributed by atoms with Gasteiger partial charge < -0.3 is 5.11 Å². The number of rotatable bonds is 4. The molecule has 1 aromatic heterocycles. The Morgan fingerprint density at radius 1 is 1.35 bits per heavy atom. The van der Waals surface area contributed by atoms with E-state index >= 15 is 0 Å². The summed E-state index contributed by atoms with van der Waals surface area (Å²) in [5.74, 6) is 0.207. The Morgan fingerprint density at radius 3 is 2.76 bits per heavy atom. The topological polar surface area (TPSA) is 50.2 Å². The van der Waals surface area contributed by atoms with E-state index in [0.717, 1.165) is 19.3 Å². The number of hydrogen-bond donors (Lipinski definition) is 1. The molecule has 0 aliphatic heterocycles. The minimum Gasteiger partial charge on any atom is -0.481 e. The van der Waals surface area contributed by atoms with Crippen LogP contribution in [0.4, 0.5) is 0 Å². The van der Waals surface area contributed by atoms with Gasteiger partial charge >= 0.3 is 5.97 Å². The Hall–Kier alpha value is -1.38. The minimum atomic E-state index is -0.659. The molecule has 1 heterocycles. The first-order valence-corrected chi connectivity index (χ1v) is 6.36. The van der Waals surface area contributed by atoms with Gasteiger partial charge in [0.25, 0.3) is 0 Å². The molecule has 0 bridgehead atoms. The summed E-state index contributed by atoms with van der Waals surface area (Å²) in [6.07, 6.45) is 9.62. The summed E-state index contributed by atoms with van der Waals surface area (Å²) in [5.41, 5.74) is 1.23. The van der Waals surface area contributed by atoms with Crippen molar-refractivity contribution in [2.24, 2.45) is 11.8 Å². The summed E-state index contributed by atoms with van der Waals surface area (Å²) in [5, 5.41) is 8.94. The number of pyridine rings is 1. The molecule has 0 radical (unpaired) electrons. The molecule has 0 amide bonds. The van der Waals surface area contributed by atoms with E-state index in [4.69, 9.17) is 5.11 Å². The Balaban J connectivity index is 1.99. The van der Waals surface area contributed by atoms with Crippen molar-refractivity contribution < 1.29 is 9.90 Å². The fourth-order valence-electron chi connectivity index (χ4n) is 2.87. The van der Waals surface area contributed by atoms with Crippen molar-refractivity contribution in [1.82, 2.24) is 4.98 Å². The molecule has 3 nitrogen and oxygen atoms in total. The second kappa shape index (κ2) is 5.80. The van der Waals surface area contributed by atoms with E-state index in [1.54, 1.807) is 6.20 Å². The van der Waals surface area contributed by atoms with Crippen molar-refractivity contribution in [3.63, 3.8) is 0 Å². The van der Waals surface area contributed by atoms with Crippen LogP contribution in [-0.2, 0) is 11.2 Å². The van der Waals surface area contributed by atoms with Gasteiger partial charge in [0.2, 0.25) is 0 Å². The first kappa shape index (κ1) is 12.1. The van der Waals surface area contributed by atoms with E-state index in [9.17, 15) is 4.79 Å². The summed E-state index contributed by atoms with van der Waals surface area (Å²) >= 11 is 0. The monoisotopic (exact) mass is 233 g/mol. The lowest BCUT2D eigenvalue weighted by Gasteiger charge is -2.30. The zero-order valence-corrected chi connectivity index (χ0v) is 10.0. The number of carboxylic acids is 1. The van der Waals surface area contributed by atoms with Crippen molar-refractivity contribution in [2.45, 2.75) is 38.5 Å². The summed E-state index contributed by atoms with van der Waals surface area (Å²) in [7, 11) is 0. The molecule has 0 saturated heterocycles. The van der Waals surface area contributed by atoms with Gasteiger partial charge in [-0.3, -0.25) is 9.78 Å². The molecule has 2 unspecified atom stereocenters. The van der Waals surface area contributed by atoms with Gasteiger partial charge in [-0.1, -0.05) is 18.9 Å². The summed E-state index contributed by atoms with van der Waals surface area (Å²) in [4.78, 5) is 15.0. The maximum Gasteiger partial charge on any atom is 0.303 e. The second-order valence-electron chi connectivity index (χ2n) is 4.97. The number of aromatic nitrogens is 1. The molecule has 17 heavy (non-hydrogen) atoms. The molecule has 92 valence electrons. The predicted octanol–water partition coefficient (Wildman–Crippen LogP) is 2.91. The molecule has 1 saturated carbocycles. The number of carbonyl (C=O) groups is 1.